The molecule has 0 saturated carbocycles. The van der Waals surface area contributed by atoms with E-state index in [0.717, 1.165) is 37.4 Å². The third-order valence-electron chi connectivity index (χ3n) is 5.74. The number of methoxy groups -OCH3 is 1. The molecule has 7 nitrogen and oxygen atoms in total. The number of hydrogen-bond donors (Lipinski definition) is 3. The lowest BCUT2D eigenvalue weighted by Crippen LogP contribution is -2.29. The molecular formula is C28H34N4O3. The number of anilines is 3. The zero-order valence-electron chi connectivity index (χ0n) is 20.6. The van der Waals surface area contributed by atoms with Crippen molar-refractivity contribution in [3.8, 4) is 5.75 Å². The molecular weight excluding hydrogens is 440 g/mol. The van der Waals surface area contributed by atoms with Crippen LogP contribution in [0, 0.1) is 0 Å². The summed E-state index contributed by atoms with van der Waals surface area (Å²) in [7, 11) is 1.57. The number of ether oxygens (including phenoxy) is 1. The average Bonchev–Trinajstić information content (AvgIpc) is 2.90. The van der Waals surface area contributed by atoms with Crippen molar-refractivity contribution in [1.82, 2.24) is 10.2 Å². The number of amides is 2. The normalized spacial score (nSPS) is 10.6. The number of nitrogens with zero attached hydrogens (tertiary/aromatic N) is 1. The summed E-state index contributed by atoms with van der Waals surface area (Å²) >= 11 is 0. The van der Waals surface area contributed by atoms with Crippen molar-refractivity contribution in [2.24, 2.45) is 0 Å². The highest BCUT2D eigenvalue weighted by atomic mass is 16.5. The summed E-state index contributed by atoms with van der Waals surface area (Å²) in [5.41, 5.74) is 3.60. The molecule has 3 rings (SSSR count). The molecule has 2 amide bonds. The minimum Gasteiger partial charge on any atom is -0.497 e. The molecule has 0 atom stereocenters. The van der Waals surface area contributed by atoms with Gasteiger partial charge in [-0.25, -0.2) is 0 Å². The molecule has 35 heavy (non-hydrogen) atoms. The predicted octanol–water partition coefficient (Wildman–Crippen LogP) is 5.15. The van der Waals surface area contributed by atoms with Crippen molar-refractivity contribution in [3.05, 3.63) is 83.9 Å². The summed E-state index contributed by atoms with van der Waals surface area (Å²) < 4.78 is 5.17. The van der Waals surface area contributed by atoms with Crippen LogP contribution in [0.5, 0.6) is 5.75 Å². The Bertz CT molecular complexity index is 1090. The number of hydrogen-bond acceptors (Lipinski definition) is 5. The molecule has 0 bridgehead atoms. The lowest BCUT2D eigenvalue weighted by Gasteiger charge is -2.17. The lowest BCUT2D eigenvalue weighted by molar-refractivity contribution is 0.0951. The number of benzene rings is 3. The minimum absolute atomic E-state index is 0.0628. The lowest BCUT2D eigenvalue weighted by atomic mass is 10.1. The molecule has 0 aliphatic heterocycles. The van der Waals surface area contributed by atoms with E-state index in [1.54, 1.807) is 31.4 Å². The third-order valence-corrected chi connectivity index (χ3v) is 5.74. The van der Waals surface area contributed by atoms with Gasteiger partial charge in [-0.1, -0.05) is 19.9 Å². The first-order chi connectivity index (χ1) is 17.0. The summed E-state index contributed by atoms with van der Waals surface area (Å²) in [6, 6.07) is 21.8. The maximum atomic E-state index is 12.5. The number of carbonyl (C=O) groups excluding carboxylic acids is 2. The summed E-state index contributed by atoms with van der Waals surface area (Å²) in [5, 5.41) is 9.18. The van der Waals surface area contributed by atoms with Crippen LogP contribution in [0.4, 0.5) is 17.1 Å². The summed E-state index contributed by atoms with van der Waals surface area (Å²) in [6.45, 7) is 8.00. The van der Waals surface area contributed by atoms with E-state index >= 15 is 0 Å². The van der Waals surface area contributed by atoms with E-state index in [2.05, 4.69) is 34.7 Å². The van der Waals surface area contributed by atoms with Gasteiger partial charge in [0, 0.05) is 34.7 Å². The van der Waals surface area contributed by atoms with Gasteiger partial charge in [-0.3, -0.25) is 9.59 Å². The summed E-state index contributed by atoms with van der Waals surface area (Å²) in [6.07, 6.45) is 0.934. The first-order valence-corrected chi connectivity index (χ1v) is 12.0. The zero-order valence-corrected chi connectivity index (χ0v) is 20.6. The van der Waals surface area contributed by atoms with E-state index in [-0.39, 0.29) is 11.8 Å². The van der Waals surface area contributed by atoms with Crippen molar-refractivity contribution in [2.75, 3.05) is 43.9 Å². The minimum atomic E-state index is -0.202. The highest BCUT2D eigenvalue weighted by Gasteiger charge is 2.08. The highest BCUT2D eigenvalue weighted by molar-refractivity contribution is 6.04. The fourth-order valence-electron chi connectivity index (χ4n) is 3.62. The molecule has 0 saturated heterocycles. The monoisotopic (exact) mass is 474 g/mol. The largest absolute Gasteiger partial charge is 0.497 e. The van der Waals surface area contributed by atoms with E-state index in [4.69, 9.17) is 4.74 Å². The van der Waals surface area contributed by atoms with Crippen LogP contribution in [0.15, 0.2) is 72.8 Å². The van der Waals surface area contributed by atoms with Gasteiger partial charge < -0.3 is 25.6 Å². The van der Waals surface area contributed by atoms with Crippen LogP contribution in [0.3, 0.4) is 0 Å². The van der Waals surface area contributed by atoms with Crippen LogP contribution < -0.4 is 20.7 Å². The van der Waals surface area contributed by atoms with Crippen LogP contribution in [0.1, 0.15) is 41.0 Å². The van der Waals surface area contributed by atoms with Crippen LogP contribution in [-0.2, 0) is 0 Å². The van der Waals surface area contributed by atoms with Crippen LogP contribution >= 0.6 is 0 Å². The number of carbonyl (C=O) groups is 2. The number of rotatable bonds is 12. The first kappa shape index (κ1) is 25.8. The highest BCUT2D eigenvalue weighted by Crippen LogP contribution is 2.20. The van der Waals surface area contributed by atoms with E-state index in [1.807, 2.05) is 48.5 Å². The summed E-state index contributed by atoms with van der Waals surface area (Å²) in [5.74, 6) is 0.370. The Morgan fingerprint density at radius 2 is 1.43 bits per heavy atom. The quantitative estimate of drug-likeness (QED) is 0.316. The maximum Gasteiger partial charge on any atom is 0.255 e. The maximum absolute atomic E-state index is 12.5. The Morgan fingerprint density at radius 1 is 0.800 bits per heavy atom. The SMILES string of the molecule is CCN(CC)CCCNC(=O)c1ccc(Nc2ccc(NC(=O)c3cccc(OC)c3)cc2)cc1. The van der Waals surface area contributed by atoms with Gasteiger partial charge in [0.15, 0.2) is 0 Å². The molecule has 3 aromatic rings. The van der Waals surface area contributed by atoms with Crippen LogP contribution in [-0.4, -0.2) is 50.0 Å². The standard InChI is InChI=1S/C28H34N4O3/c1-4-32(5-2)19-7-18-29-27(33)21-10-12-23(13-11-21)30-24-14-16-25(17-15-24)31-28(34)22-8-6-9-26(20-22)35-3/h6,8-17,20,30H,4-5,7,18-19H2,1-3H3,(H,29,33)(H,31,34). The van der Waals surface area contributed by atoms with Crippen molar-refractivity contribution < 1.29 is 14.3 Å². The van der Waals surface area contributed by atoms with Crippen molar-refractivity contribution in [2.45, 2.75) is 20.3 Å². The van der Waals surface area contributed by atoms with Crippen molar-refractivity contribution in [1.29, 1.82) is 0 Å². The van der Waals surface area contributed by atoms with E-state index < -0.39 is 0 Å². The second kappa shape index (κ2) is 13.2. The number of nitrogens with one attached hydrogen (secondary N) is 3. The Kier molecular flexibility index (Phi) is 9.69. The second-order valence-corrected chi connectivity index (χ2v) is 8.10. The van der Waals surface area contributed by atoms with E-state index in [0.29, 0.717) is 29.1 Å². The average molecular weight is 475 g/mol. The Labute approximate surface area is 207 Å². The zero-order chi connectivity index (χ0) is 25.0. The molecule has 0 heterocycles. The molecule has 184 valence electrons. The molecule has 3 aromatic carbocycles. The Morgan fingerprint density at radius 3 is 2.06 bits per heavy atom. The predicted molar refractivity (Wildman–Crippen MR) is 142 cm³/mol. The molecule has 0 fully saturated rings. The second-order valence-electron chi connectivity index (χ2n) is 8.10. The molecule has 0 spiro atoms. The van der Waals surface area contributed by atoms with Gasteiger partial charge in [-0.15, -0.1) is 0 Å². The topological polar surface area (TPSA) is 82.7 Å². The van der Waals surface area contributed by atoms with Crippen molar-refractivity contribution >= 4 is 28.9 Å². The molecule has 0 radical (unpaired) electrons. The third kappa shape index (κ3) is 7.86. The van der Waals surface area contributed by atoms with Gasteiger partial charge in [-0.05, 0) is 92.8 Å². The van der Waals surface area contributed by atoms with E-state index in [9.17, 15) is 9.59 Å². The fourth-order valence-corrected chi connectivity index (χ4v) is 3.62. The fraction of sp³-hybridized carbons (Fsp3) is 0.286. The van der Waals surface area contributed by atoms with Gasteiger partial charge in [0.05, 0.1) is 7.11 Å². The molecule has 7 heteroatoms. The summed E-state index contributed by atoms with van der Waals surface area (Å²) in [4.78, 5) is 27.2. The molecule has 3 N–H and O–H groups in total. The molecule has 0 aliphatic rings. The molecule has 0 unspecified atom stereocenters. The first-order valence-electron chi connectivity index (χ1n) is 12.0. The molecule has 0 aliphatic carbocycles. The van der Waals surface area contributed by atoms with Gasteiger partial charge >= 0.3 is 0 Å². The molecule has 0 aromatic heterocycles. The Hall–Kier alpha value is -3.84. The van der Waals surface area contributed by atoms with Gasteiger partial charge in [0.2, 0.25) is 0 Å². The Balaban J connectivity index is 1.48. The van der Waals surface area contributed by atoms with E-state index in [1.165, 1.54) is 0 Å². The van der Waals surface area contributed by atoms with Gasteiger partial charge in [-0.2, -0.15) is 0 Å². The van der Waals surface area contributed by atoms with Crippen molar-refractivity contribution in [3.63, 3.8) is 0 Å². The van der Waals surface area contributed by atoms with Crippen LogP contribution in [0.2, 0.25) is 0 Å². The smallest absolute Gasteiger partial charge is 0.255 e. The van der Waals surface area contributed by atoms with Gasteiger partial charge in [0.1, 0.15) is 5.75 Å². The van der Waals surface area contributed by atoms with Crippen LogP contribution in [0.25, 0.3) is 0 Å². The van der Waals surface area contributed by atoms with Gasteiger partial charge in [0.25, 0.3) is 11.8 Å².